The molecule has 0 bridgehead atoms. The van der Waals surface area contributed by atoms with Crippen molar-refractivity contribution in [2.45, 2.75) is 196 Å². The summed E-state index contributed by atoms with van der Waals surface area (Å²) in [4.78, 5) is 253. The third-order valence-corrected chi connectivity index (χ3v) is 21.2. The molecule has 4 aromatic carbocycles. The standard InChI is InChI=1S/C83H117N21O21S/c1-46(105)71-81(122)100-63(40-53-42-92-56-16-8-7-15-55(53)56)78(119)96-58(24-26-66(86)108)74(115)101-65(45-126-36-28-60(94-48(3)107)75(116)95-59(76(117)103-71)25-27-67(87)109)79(120)97-61(38-49-19-22-54(23-20-49)125-34-31-85)77(118)98-62(39-50-18-21-51-13-5-6-14-52(51)37-50)80(121)104-83(4,29-10-11-30-84)82(123)102-57(17-9-12-32-90-47(2)106)73(114)99-64(41-68(88)110)72(113)93-43-70(112)91-33-35-124-44-69(89)111/h5-8,13-16,18-23,37,42,46,57-65,71,92,105H,9-12,17,24-36,38-41,43-45,84-85H2,1-4H3,(H2,86,108)(H2,87,109)(H2,88,110)(H2,89,111)(H,90,106)(H,91,112)(H,93,113)(H,94,107)(H,95,116)(H,96,119)(H,97,120)(H,98,118)(H,99,114)(H,100,122)(H,101,115)(H,102,123)(H,103,117)(H,104,121)/t46-,57+,58+,59+,60+,61+,62+,63+,64+,65+,71+,83+/m1/s1. The number of fused-ring (bicyclic) bond motifs is 2. The summed E-state index contributed by atoms with van der Waals surface area (Å²) in [7, 11) is 0. The molecule has 28 N–H and O–H groups in total. The van der Waals surface area contributed by atoms with Gasteiger partial charge in [0, 0.05) is 88.4 Å². The molecule has 1 aliphatic rings. The molecular weight excluding hydrogens is 1660 g/mol. The minimum atomic E-state index is -2.03. The minimum absolute atomic E-state index is 0.100. The molecule has 43 heteroatoms. The van der Waals surface area contributed by atoms with Gasteiger partial charge in [-0.1, -0.05) is 72.8 Å². The highest BCUT2D eigenvalue weighted by Gasteiger charge is 2.42. The van der Waals surface area contributed by atoms with E-state index in [-0.39, 0.29) is 109 Å². The average Bonchev–Trinajstić information content (AvgIpc) is 1.74. The van der Waals surface area contributed by atoms with Crippen LogP contribution in [0.2, 0.25) is 0 Å². The highest BCUT2D eigenvalue weighted by molar-refractivity contribution is 7.99. The summed E-state index contributed by atoms with van der Waals surface area (Å²) in [6.45, 7) is 4.06. The molecule has 686 valence electrons. The van der Waals surface area contributed by atoms with Crippen LogP contribution in [0, 0.1) is 0 Å². The van der Waals surface area contributed by atoms with Crippen LogP contribution in [0.5, 0.6) is 5.75 Å². The summed E-state index contributed by atoms with van der Waals surface area (Å²) in [6, 6.07) is 8.55. The van der Waals surface area contributed by atoms with Crippen LogP contribution in [-0.4, -0.2) is 253 Å². The van der Waals surface area contributed by atoms with Gasteiger partial charge in [0.05, 0.1) is 25.7 Å². The second kappa shape index (κ2) is 52.0. The topological polar surface area (TPSA) is 686 Å². The van der Waals surface area contributed by atoms with Gasteiger partial charge < -0.3 is 128 Å². The first-order chi connectivity index (χ1) is 59.9. The Labute approximate surface area is 730 Å². The van der Waals surface area contributed by atoms with Crippen molar-refractivity contribution >= 4 is 140 Å². The number of rotatable bonds is 46. The number of nitrogens with two attached hydrogens (primary N) is 6. The quantitative estimate of drug-likeness (QED) is 0.0162. The number of H-pyrrole nitrogens is 1. The maximum atomic E-state index is 15.8. The third-order valence-electron chi connectivity index (χ3n) is 20.1. The monoisotopic (exact) mass is 1780 g/mol. The molecule has 1 aromatic heterocycles. The number of hydrogen-bond donors (Lipinski definition) is 22. The number of aromatic amines is 1. The maximum absolute atomic E-state index is 15.8. The van der Waals surface area contributed by atoms with Gasteiger partial charge in [0.2, 0.25) is 106 Å². The van der Waals surface area contributed by atoms with E-state index in [0.29, 0.717) is 38.7 Å². The number of carbonyl (C=O) groups is 18. The number of aliphatic hydroxyl groups excluding tert-OH is 1. The fourth-order valence-electron chi connectivity index (χ4n) is 13.4. The number of thioether (sulfide) groups is 1. The van der Waals surface area contributed by atoms with Crippen molar-refractivity contribution in [2.75, 3.05) is 64.1 Å². The SMILES string of the molecule is CC(=O)NCCCC[C@H](NC(=O)[C@](C)(CCCCN)NC(=O)[C@H](Cc1ccc2ccccc2c1)NC(=O)[C@H](Cc1ccc(OCCN)cc1)NC(=O)[C@@H]1CSCC[C@H](NC(C)=O)C(=O)N[C@@H](CCC(N)=O)C(=O)N[C@@H]([C@@H](C)O)C(=O)N[C@@H](Cc2c[nH]c3ccccc23)C(=O)N[C@@H](CCC(N)=O)C(=O)N1)C(=O)N[C@@H](CC(N)=O)C(=O)NCC(=O)NCCOCC(N)=O. The van der Waals surface area contributed by atoms with E-state index in [0.717, 1.165) is 31.0 Å². The fraction of sp³-hybridized carbons (Fsp3) is 0.494. The van der Waals surface area contributed by atoms with Gasteiger partial charge in [-0.15, -0.1) is 0 Å². The number of carbonyl (C=O) groups excluding carboxylic acids is 18. The van der Waals surface area contributed by atoms with Crippen molar-refractivity contribution in [1.82, 2.24) is 79.4 Å². The summed E-state index contributed by atoms with van der Waals surface area (Å²) < 4.78 is 10.8. The summed E-state index contributed by atoms with van der Waals surface area (Å²) in [5.74, 6) is -17.4. The number of para-hydroxylation sites is 1. The predicted octanol–water partition coefficient (Wildman–Crippen LogP) is -5.48. The molecule has 0 spiro atoms. The zero-order chi connectivity index (χ0) is 92.6. The average molecular weight is 1780 g/mol. The Morgan fingerprint density at radius 2 is 1.20 bits per heavy atom. The van der Waals surface area contributed by atoms with Crippen molar-refractivity contribution in [3.8, 4) is 5.75 Å². The normalized spacial score (nSPS) is 18.3. The molecule has 1 saturated heterocycles. The van der Waals surface area contributed by atoms with Gasteiger partial charge in [-0.25, -0.2) is 0 Å². The molecule has 5 aromatic rings. The van der Waals surface area contributed by atoms with E-state index in [4.69, 9.17) is 43.9 Å². The van der Waals surface area contributed by atoms with E-state index in [1.807, 2.05) is 6.07 Å². The highest BCUT2D eigenvalue weighted by Crippen LogP contribution is 2.24. The smallest absolute Gasteiger partial charge is 0.246 e. The van der Waals surface area contributed by atoms with E-state index in [1.165, 1.54) is 13.8 Å². The summed E-state index contributed by atoms with van der Waals surface area (Å²) >= 11 is 0.922. The summed E-state index contributed by atoms with van der Waals surface area (Å²) in [5.41, 5.74) is 33.4. The number of aliphatic hydroxyl groups is 1. The molecule has 0 aliphatic carbocycles. The first-order valence-electron chi connectivity index (χ1n) is 41.2. The number of benzene rings is 4. The molecule has 42 nitrogen and oxygen atoms in total. The van der Waals surface area contributed by atoms with Crippen LogP contribution in [0.3, 0.4) is 0 Å². The van der Waals surface area contributed by atoms with Gasteiger partial charge in [0.25, 0.3) is 0 Å². The lowest BCUT2D eigenvalue weighted by Gasteiger charge is -2.34. The molecule has 12 atom stereocenters. The Kier molecular flexibility index (Phi) is 42.1. The molecule has 0 saturated carbocycles. The van der Waals surface area contributed by atoms with E-state index in [9.17, 15) is 62.6 Å². The van der Waals surface area contributed by atoms with Gasteiger partial charge in [0.15, 0.2) is 0 Å². The van der Waals surface area contributed by atoms with Crippen molar-refractivity contribution in [3.63, 3.8) is 0 Å². The van der Waals surface area contributed by atoms with E-state index in [2.05, 4.69) is 79.4 Å². The fourth-order valence-corrected chi connectivity index (χ4v) is 14.4. The zero-order valence-corrected chi connectivity index (χ0v) is 71.6. The molecule has 6 rings (SSSR count). The van der Waals surface area contributed by atoms with Crippen molar-refractivity contribution in [2.24, 2.45) is 34.4 Å². The molecule has 1 fully saturated rings. The Hall–Kier alpha value is -12.9. The van der Waals surface area contributed by atoms with Gasteiger partial charge in [-0.2, -0.15) is 11.8 Å². The number of nitrogens with one attached hydrogen (secondary N) is 15. The number of primary amides is 4. The van der Waals surface area contributed by atoms with Crippen LogP contribution in [0.4, 0.5) is 0 Å². The minimum Gasteiger partial charge on any atom is -0.492 e. The zero-order valence-electron chi connectivity index (χ0n) is 70.8. The Balaban J connectivity index is 1.44. The number of ether oxygens (including phenoxy) is 2. The number of unbranched alkanes of at least 4 members (excludes halogenated alkanes) is 2. The van der Waals surface area contributed by atoms with Crippen molar-refractivity contribution in [3.05, 3.63) is 114 Å². The molecule has 126 heavy (non-hydrogen) atoms. The number of aromatic nitrogens is 1. The lowest BCUT2D eigenvalue weighted by atomic mass is 9.91. The molecular formula is C83H117N21O21S. The Morgan fingerprint density at radius 3 is 1.85 bits per heavy atom. The van der Waals surface area contributed by atoms with Crippen LogP contribution >= 0.6 is 11.8 Å². The van der Waals surface area contributed by atoms with Crippen LogP contribution in [0.1, 0.15) is 121 Å². The van der Waals surface area contributed by atoms with Gasteiger partial charge in [-0.3, -0.25) is 86.3 Å². The molecule has 2 heterocycles. The second-order valence-corrected chi connectivity index (χ2v) is 31.7. The molecule has 18 amide bonds. The summed E-state index contributed by atoms with van der Waals surface area (Å²) in [6.07, 6.45) is -3.93. The van der Waals surface area contributed by atoms with Gasteiger partial charge in [-0.05, 0) is 130 Å². The first kappa shape index (κ1) is 102. The van der Waals surface area contributed by atoms with E-state index in [1.54, 1.807) is 91.1 Å². The lowest BCUT2D eigenvalue weighted by Crippen LogP contribution is -2.64. The molecule has 0 radical (unpaired) electrons. The first-order valence-corrected chi connectivity index (χ1v) is 42.3. The van der Waals surface area contributed by atoms with Crippen LogP contribution in [-0.2, 0) is 110 Å². The largest absolute Gasteiger partial charge is 0.492 e. The Bertz CT molecular complexity index is 4650. The van der Waals surface area contributed by atoms with Crippen LogP contribution < -0.4 is 114 Å². The molecule has 0 unspecified atom stereocenters. The van der Waals surface area contributed by atoms with Crippen LogP contribution in [0.25, 0.3) is 21.7 Å². The maximum Gasteiger partial charge on any atom is 0.246 e. The Morgan fingerprint density at radius 1 is 0.579 bits per heavy atom. The van der Waals surface area contributed by atoms with E-state index >= 15 is 28.8 Å². The lowest BCUT2D eigenvalue weighted by molar-refractivity contribution is -0.138. The van der Waals surface area contributed by atoms with E-state index < -0.39 is 230 Å². The highest BCUT2D eigenvalue weighted by atomic mass is 32.2. The molecule has 1 aliphatic heterocycles. The van der Waals surface area contributed by atoms with Crippen molar-refractivity contribution < 1.29 is 101 Å². The van der Waals surface area contributed by atoms with Crippen LogP contribution in [0.15, 0.2) is 97.2 Å². The van der Waals surface area contributed by atoms with Crippen molar-refractivity contribution in [1.29, 1.82) is 0 Å². The number of amides is 18. The predicted molar refractivity (Wildman–Crippen MR) is 462 cm³/mol. The number of hydrogen-bond acceptors (Lipinski definition) is 24. The second-order valence-electron chi connectivity index (χ2n) is 30.5. The van der Waals surface area contributed by atoms with Gasteiger partial charge in [0.1, 0.15) is 84.9 Å². The van der Waals surface area contributed by atoms with Gasteiger partial charge >= 0.3 is 0 Å². The summed E-state index contributed by atoms with van der Waals surface area (Å²) in [5, 5.41) is 49.3. The third kappa shape index (κ3) is 35.0.